The van der Waals surface area contributed by atoms with Crippen molar-refractivity contribution in [3.8, 4) is 0 Å². The summed E-state index contributed by atoms with van der Waals surface area (Å²) < 4.78 is 2.41. The van der Waals surface area contributed by atoms with E-state index in [9.17, 15) is 0 Å². The second kappa shape index (κ2) is 6.69. The lowest BCUT2D eigenvalue weighted by Crippen LogP contribution is -2.28. The Kier molecular flexibility index (Phi) is 5.52. The molecule has 0 spiro atoms. The van der Waals surface area contributed by atoms with Crippen molar-refractivity contribution < 1.29 is 0 Å². The Balaban J connectivity index is 2.15. The summed E-state index contributed by atoms with van der Waals surface area (Å²) in [5.41, 5.74) is 0. The lowest BCUT2D eigenvalue weighted by Gasteiger charge is -2.30. The van der Waals surface area contributed by atoms with Gasteiger partial charge >= 0.3 is 0 Å². The smallest absolute Gasteiger partial charge is 0.0843 e. The number of halogens is 2. The molecule has 1 fully saturated rings. The Morgan fingerprint density at radius 2 is 2.06 bits per heavy atom. The first kappa shape index (κ1) is 14.0. The van der Waals surface area contributed by atoms with E-state index in [-0.39, 0.29) is 0 Å². The lowest BCUT2D eigenvalue weighted by atomic mass is 9.83. The zero-order chi connectivity index (χ0) is 12.3. The van der Waals surface area contributed by atoms with Crippen LogP contribution in [0.1, 0.15) is 49.9 Å². The molecule has 1 aromatic rings. The summed E-state index contributed by atoms with van der Waals surface area (Å²) in [6, 6.07) is 2.82. The van der Waals surface area contributed by atoms with Gasteiger partial charge in [0.25, 0.3) is 0 Å². The molecule has 1 aliphatic rings. The zero-order valence-corrected chi connectivity index (χ0v) is 14.1. The van der Waals surface area contributed by atoms with E-state index in [1.165, 1.54) is 45.2 Å². The van der Waals surface area contributed by atoms with Crippen molar-refractivity contribution in [2.75, 3.05) is 6.54 Å². The number of hydrogen-bond donors (Lipinski definition) is 1. The molecule has 17 heavy (non-hydrogen) atoms. The Morgan fingerprint density at radius 1 is 1.35 bits per heavy atom. The van der Waals surface area contributed by atoms with Crippen LogP contribution in [0, 0.1) is 5.92 Å². The van der Waals surface area contributed by atoms with Crippen molar-refractivity contribution in [1.82, 2.24) is 5.32 Å². The third kappa shape index (κ3) is 3.55. The molecule has 96 valence electrons. The minimum Gasteiger partial charge on any atom is -0.309 e. The van der Waals surface area contributed by atoms with Gasteiger partial charge in [-0.25, -0.2) is 0 Å². The van der Waals surface area contributed by atoms with Crippen molar-refractivity contribution in [1.29, 1.82) is 0 Å². The highest BCUT2D eigenvalue weighted by Gasteiger charge is 2.26. The van der Waals surface area contributed by atoms with E-state index in [0.29, 0.717) is 6.04 Å². The molecular weight excluding hydrogens is 362 g/mol. The van der Waals surface area contributed by atoms with Gasteiger partial charge in [0.05, 0.1) is 3.79 Å². The second-order valence-electron chi connectivity index (χ2n) is 4.70. The van der Waals surface area contributed by atoms with E-state index in [2.05, 4.69) is 50.2 Å². The van der Waals surface area contributed by atoms with Crippen LogP contribution in [-0.4, -0.2) is 6.54 Å². The van der Waals surface area contributed by atoms with Gasteiger partial charge < -0.3 is 5.32 Å². The maximum atomic E-state index is 3.68. The SMILES string of the molecule is CCNC(c1cc(Br)c(Br)s1)C1CCCCC1. The van der Waals surface area contributed by atoms with Gasteiger partial charge in [-0.05, 0) is 63.2 Å². The van der Waals surface area contributed by atoms with E-state index in [0.717, 1.165) is 12.5 Å². The number of hydrogen-bond acceptors (Lipinski definition) is 2. The van der Waals surface area contributed by atoms with Crippen molar-refractivity contribution in [3.05, 3.63) is 19.2 Å². The number of thiophene rings is 1. The van der Waals surface area contributed by atoms with Gasteiger partial charge in [0.2, 0.25) is 0 Å². The number of rotatable bonds is 4. The van der Waals surface area contributed by atoms with Crippen molar-refractivity contribution in [3.63, 3.8) is 0 Å². The molecule has 0 bridgehead atoms. The average Bonchev–Trinajstić information content (AvgIpc) is 2.67. The largest absolute Gasteiger partial charge is 0.309 e. The van der Waals surface area contributed by atoms with Gasteiger partial charge in [0.1, 0.15) is 0 Å². The highest BCUT2D eigenvalue weighted by molar-refractivity contribution is 9.13. The summed E-state index contributed by atoms with van der Waals surface area (Å²) >= 11 is 9.06. The van der Waals surface area contributed by atoms with Crippen LogP contribution in [0.2, 0.25) is 0 Å². The predicted molar refractivity (Wildman–Crippen MR) is 82.7 cm³/mol. The van der Waals surface area contributed by atoms with Crippen LogP contribution in [0.3, 0.4) is 0 Å². The molecule has 1 aliphatic carbocycles. The van der Waals surface area contributed by atoms with Gasteiger partial charge in [-0.15, -0.1) is 11.3 Å². The Hall–Kier alpha value is 0.620. The number of nitrogens with one attached hydrogen (secondary N) is 1. The Morgan fingerprint density at radius 3 is 2.59 bits per heavy atom. The summed E-state index contributed by atoms with van der Waals surface area (Å²) in [6.45, 7) is 3.25. The summed E-state index contributed by atoms with van der Waals surface area (Å²) in [6.07, 6.45) is 6.99. The molecule has 2 rings (SSSR count). The van der Waals surface area contributed by atoms with E-state index in [1.54, 1.807) is 0 Å². The summed E-state index contributed by atoms with van der Waals surface area (Å²) in [7, 11) is 0. The van der Waals surface area contributed by atoms with E-state index >= 15 is 0 Å². The first-order valence-corrected chi connectivity index (χ1v) is 8.80. The first-order valence-electron chi connectivity index (χ1n) is 6.40. The minimum absolute atomic E-state index is 0.549. The lowest BCUT2D eigenvalue weighted by molar-refractivity contribution is 0.277. The summed E-state index contributed by atoms with van der Waals surface area (Å²) in [5.74, 6) is 0.821. The topological polar surface area (TPSA) is 12.0 Å². The summed E-state index contributed by atoms with van der Waals surface area (Å²) in [4.78, 5) is 1.47. The standard InChI is InChI=1S/C13H19Br2NS/c1-2-16-12(9-6-4-3-5-7-9)11-8-10(14)13(15)17-11/h8-9,12,16H,2-7H2,1H3. The molecule has 1 atom stereocenters. The zero-order valence-electron chi connectivity index (χ0n) is 10.1. The van der Waals surface area contributed by atoms with Crippen LogP contribution >= 0.6 is 43.2 Å². The fourth-order valence-corrected chi connectivity index (χ4v) is 4.96. The third-order valence-corrected chi connectivity index (χ3v) is 6.86. The average molecular weight is 381 g/mol. The van der Waals surface area contributed by atoms with Crippen LogP contribution in [0.5, 0.6) is 0 Å². The molecule has 1 aromatic heterocycles. The molecule has 1 N–H and O–H groups in total. The van der Waals surface area contributed by atoms with Crippen molar-refractivity contribution >= 4 is 43.2 Å². The molecule has 4 heteroatoms. The molecule has 1 saturated carbocycles. The molecule has 0 radical (unpaired) electrons. The molecule has 0 aromatic carbocycles. The fourth-order valence-electron chi connectivity index (χ4n) is 2.70. The Bertz CT molecular complexity index is 339. The van der Waals surface area contributed by atoms with Crippen molar-refractivity contribution in [2.24, 2.45) is 5.92 Å². The maximum absolute atomic E-state index is 3.68. The minimum atomic E-state index is 0.549. The molecule has 1 heterocycles. The predicted octanol–water partition coefficient (Wildman–Crippen LogP) is 5.50. The monoisotopic (exact) mass is 379 g/mol. The van der Waals surface area contributed by atoms with E-state index < -0.39 is 0 Å². The highest BCUT2D eigenvalue weighted by atomic mass is 79.9. The molecule has 0 saturated heterocycles. The van der Waals surface area contributed by atoms with E-state index in [1.807, 2.05) is 11.3 Å². The molecule has 0 aliphatic heterocycles. The van der Waals surface area contributed by atoms with Crippen LogP contribution in [-0.2, 0) is 0 Å². The quantitative estimate of drug-likeness (QED) is 0.726. The normalized spacial score (nSPS) is 19.5. The Labute approximate surface area is 125 Å². The van der Waals surface area contributed by atoms with Gasteiger partial charge in [0.15, 0.2) is 0 Å². The summed E-state index contributed by atoms with van der Waals surface area (Å²) in [5, 5.41) is 3.68. The molecule has 1 nitrogen and oxygen atoms in total. The first-order chi connectivity index (χ1) is 8.22. The van der Waals surface area contributed by atoms with Gasteiger partial charge in [-0.2, -0.15) is 0 Å². The van der Waals surface area contributed by atoms with Crippen molar-refractivity contribution in [2.45, 2.75) is 45.1 Å². The second-order valence-corrected chi connectivity index (χ2v) is 7.96. The van der Waals surface area contributed by atoms with Gasteiger partial charge in [0, 0.05) is 15.4 Å². The fraction of sp³-hybridized carbons (Fsp3) is 0.692. The molecular formula is C13H19Br2NS. The molecule has 1 unspecified atom stereocenters. The van der Waals surface area contributed by atoms with Gasteiger partial charge in [-0.3, -0.25) is 0 Å². The van der Waals surface area contributed by atoms with Crippen LogP contribution in [0.25, 0.3) is 0 Å². The maximum Gasteiger partial charge on any atom is 0.0843 e. The van der Waals surface area contributed by atoms with Crippen LogP contribution in [0.15, 0.2) is 14.3 Å². The molecule has 0 amide bonds. The highest BCUT2D eigenvalue weighted by Crippen LogP contribution is 2.41. The van der Waals surface area contributed by atoms with Crippen LogP contribution in [0.4, 0.5) is 0 Å². The van der Waals surface area contributed by atoms with Crippen LogP contribution < -0.4 is 5.32 Å². The van der Waals surface area contributed by atoms with E-state index in [4.69, 9.17) is 0 Å². The van der Waals surface area contributed by atoms with Gasteiger partial charge in [-0.1, -0.05) is 26.2 Å². The third-order valence-electron chi connectivity index (χ3n) is 3.52.